The van der Waals surface area contributed by atoms with Crippen molar-refractivity contribution in [3.63, 3.8) is 0 Å². The number of amides is 1. The SMILES string of the molecule is CC(C)C(=O)NNC=C(C#N)C#N. The summed E-state index contributed by atoms with van der Waals surface area (Å²) >= 11 is 0. The fourth-order valence-corrected chi connectivity index (χ4v) is 0.413. The van der Waals surface area contributed by atoms with E-state index >= 15 is 0 Å². The fraction of sp³-hybridized carbons (Fsp3) is 0.375. The molecule has 0 heterocycles. The highest BCUT2D eigenvalue weighted by molar-refractivity contribution is 5.77. The van der Waals surface area contributed by atoms with Gasteiger partial charge < -0.3 is 5.43 Å². The van der Waals surface area contributed by atoms with Crippen LogP contribution in [0.4, 0.5) is 0 Å². The third-order valence-corrected chi connectivity index (χ3v) is 1.18. The van der Waals surface area contributed by atoms with Crippen molar-refractivity contribution in [2.24, 2.45) is 5.92 Å². The molecule has 0 bridgehead atoms. The normalized spacial score (nSPS) is 8.08. The molecule has 0 saturated carbocycles. The van der Waals surface area contributed by atoms with Gasteiger partial charge in [0.05, 0.1) is 0 Å². The molecular weight excluding hydrogens is 168 g/mol. The number of hydrogen-bond acceptors (Lipinski definition) is 4. The highest BCUT2D eigenvalue weighted by atomic mass is 16.2. The van der Waals surface area contributed by atoms with E-state index in [1.54, 1.807) is 26.0 Å². The van der Waals surface area contributed by atoms with Crippen LogP contribution in [-0.2, 0) is 4.79 Å². The summed E-state index contributed by atoms with van der Waals surface area (Å²) in [6.07, 6.45) is 1.14. The average Bonchev–Trinajstić information content (AvgIpc) is 2.12. The Morgan fingerprint density at radius 3 is 2.31 bits per heavy atom. The van der Waals surface area contributed by atoms with Crippen LogP contribution >= 0.6 is 0 Å². The summed E-state index contributed by atoms with van der Waals surface area (Å²) < 4.78 is 0. The smallest absolute Gasteiger partial charge is 0.240 e. The Morgan fingerprint density at radius 1 is 1.38 bits per heavy atom. The van der Waals surface area contributed by atoms with E-state index in [1.807, 2.05) is 0 Å². The lowest BCUT2D eigenvalue weighted by atomic mass is 10.2. The molecule has 0 aromatic rings. The van der Waals surface area contributed by atoms with Gasteiger partial charge in [0, 0.05) is 12.1 Å². The first-order valence-corrected chi connectivity index (χ1v) is 3.67. The third kappa shape index (κ3) is 4.44. The Morgan fingerprint density at radius 2 is 1.92 bits per heavy atom. The first-order chi connectivity index (χ1) is 6.11. The van der Waals surface area contributed by atoms with Crippen molar-refractivity contribution >= 4 is 5.91 Å². The molecule has 0 fully saturated rings. The van der Waals surface area contributed by atoms with E-state index in [0.29, 0.717) is 0 Å². The van der Waals surface area contributed by atoms with Crippen molar-refractivity contribution in [3.05, 3.63) is 11.8 Å². The van der Waals surface area contributed by atoms with Gasteiger partial charge in [0.1, 0.15) is 17.7 Å². The number of hydrazine groups is 1. The number of carbonyl (C=O) groups is 1. The van der Waals surface area contributed by atoms with Gasteiger partial charge in [-0.05, 0) is 0 Å². The molecule has 0 unspecified atom stereocenters. The molecule has 13 heavy (non-hydrogen) atoms. The van der Waals surface area contributed by atoms with Crippen molar-refractivity contribution in [2.75, 3.05) is 0 Å². The van der Waals surface area contributed by atoms with Crippen LogP contribution in [0.15, 0.2) is 11.8 Å². The minimum Gasteiger partial charge on any atom is -0.304 e. The zero-order valence-corrected chi connectivity index (χ0v) is 7.46. The van der Waals surface area contributed by atoms with Crippen molar-refractivity contribution < 1.29 is 4.79 Å². The van der Waals surface area contributed by atoms with Gasteiger partial charge in [0.25, 0.3) is 0 Å². The molecule has 68 valence electrons. The summed E-state index contributed by atoms with van der Waals surface area (Å²) in [5.74, 6) is -0.347. The monoisotopic (exact) mass is 178 g/mol. The summed E-state index contributed by atoms with van der Waals surface area (Å²) in [4.78, 5) is 10.9. The van der Waals surface area contributed by atoms with Gasteiger partial charge in [0.2, 0.25) is 5.91 Å². The van der Waals surface area contributed by atoms with E-state index in [4.69, 9.17) is 10.5 Å². The van der Waals surface area contributed by atoms with Gasteiger partial charge >= 0.3 is 0 Å². The van der Waals surface area contributed by atoms with Crippen LogP contribution < -0.4 is 10.9 Å². The van der Waals surface area contributed by atoms with Gasteiger partial charge in [-0.2, -0.15) is 10.5 Å². The second-order valence-electron chi connectivity index (χ2n) is 2.57. The number of nitriles is 2. The number of nitrogens with zero attached hydrogens (tertiary/aromatic N) is 2. The van der Waals surface area contributed by atoms with Crippen LogP contribution in [0.5, 0.6) is 0 Å². The lowest BCUT2D eigenvalue weighted by molar-refractivity contribution is -0.124. The van der Waals surface area contributed by atoms with E-state index in [-0.39, 0.29) is 17.4 Å². The lowest BCUT2D eigenvalue weighted by Gasteiger charge is -2.05. The maximum Gasteiger partial charge on any atom is 0.240 e. The summed E-state index contributed by atoms with van der Waals surface area (Å²) in [7, 11) is 0. The molecule has 0 atom stereocenters. The number of allylic oxidation sites excluding steroid dienone is 1. The van der Waals surface area contributed by atoms with Crippen LogP contribution in [0.2, 0.25) is 0 Å². The summed E-state index contributed by atoms with van der Waals surface area (Å²) in [6.45, 7) is 3.46. The second kappa shape index (κ2) is 5.62. The van der Waals surface area contributed by atoms with E-state index in [0.717, 1.165) is 6.20 Å². The van der Waals surface area contributed by atoms with Crippen LogP contribution in [0.1, 0.15) is 13.8 Å². The Hall–Kier alpha value is -2.01. The molecule has 5 nitrogen and oxygen atoms in total. The highest BCUT2D eigenvalue weighted by Crippen LogP contribution is 1.89. The molecule has 0 aromatic carbocycles. The van der Waals surface area contributed by atoms with Crippen LogP contribution in [0, 0.1) is 28.6 Å². The minimum atomic E-state index is -0.202. The lowest BCUT2D eigenvalue weighted by Crippen LogP contribution is -2.36. The van der Waals surface area contributed by atoms with Crippen molar-refractivity contribution in [1.82, 2.24) is 10.9 Å². The van der Waals surface area contributed by atoms with Crippen LogP contribution in [0.25, 0.3) is 0 Å². The molecule has 0 aliphatic heterocycles. The molecule has 0 saturated heterocycles. The Labute approximate surface area is 76.6 Å². The molecule has 0 radical (unpaired) electrons. The first-order valence-electron chi connectivity index (χ1n) is 3.67. The zero-order valence-electron chi connectivity index (χ0n) is 7.46. The van der Waals surface area contributed by atoms with Gasteiger partial charge in [0.15, 0.2) is 0 Å². The average molecular weight is 178 g/mol. The van der Waals surface area contributed by atoms with Crippen LogP contribution in [0.3, 0.4) is 0 Å². The maximum absolute atomic E-state index is 10.9. The molecule has 0 aromatic heterocycles. The fourth-order valence-electron chi connectivity index (χ4n) is 0.413. The first kappa shape index (κ1) is 11.0. The standard InChI is InChI=1S/C8H10N4O/c1-6(2)8(13)12-11-5-7(3-9)4-10/h5-6,11H,1-2H3,(H,12,13). The van der Waals surface area contributed by atoms with Crippen LogP contribution in [-0.4, -0.2) is 5.91 Å². The van der Waals surface area contributed by atoms with E-state index in [1.165, 1.54) is 0 Å². The molecule has 0 spiro atoms. The molecule has 0 rings (SSSR count). The largest absolute Gasteiger partial charge is 0.304 e. The van der Waals surface area contributed by atoms with E-state index in [9.17, 15) is 4.79 Å². The topological polar surface area (TPSA) is 88.7 Å². The molecular formula is C8H10N4O. The molecule has 5 heteroatoms. The predicted molar refractivity (Wildman–Crippen MR) is 45.4 cm³/mol. The van der Waals surface area contributed by atoms with E-state index in [2.05, 4.69) is 10.9 Å². The maximum atomic E-state index is 10.9. The quantitative estimate of drug-likeness (QED) is 0.477. The van der Waals surface area contributed by atoms with Gasteiger partial charge in [-0.15, -0.1) is 0 Å². The van der Waals surface area contributed by atoms with Crippen molar-refractivity contribution in [1.29, 1.82) is 10.5 Å². The van der Waals surface area contributed by atoms with Crippen molar-refractivity contribution in [3.8, 4) is 12.1 Å². The molecule has 0 aliphatic rings. The predicted octanol–water partition coefficient (Wildman–Crippen LogP) is 0.194. The number of nitrogens with one attached hydrogen (secondary N) is 2. The second-order valence-corrected chi connectivity index (χ2v) is 2.57. The summed E-state index contributed by atoms with van der Waals surface area (Å²) in [5, 5.41) is 16.6. The Kier molecular flexibility index (Phi) is 4.75. The number of rotatable bonds is 3. The highest BCUT2D eigenvalue weighted by Gasteiger charge is 2.03. The van der Waals surface area contributed by atoms with E-state index < -0.39 is 0 Å². The summed E-state index contributed by atoms with van der Waals surface area (Å²) in [6, 6.07) is 3.28. The minimum absolute atomic E-state index is 0.0935. The summed E-state index contributed by atoms with van der Waals surface area (Å²) in [5.41, 5.74) is 4.58. The molecule has 0 aliphatic carbocycles. The zero-order chi connectivity index (χ0) is 10.3. The van der Waals surface area contributed by atoms with Gasteiger partial charge in [-0.3, -0.25) is 10.2 Å². The van der Waals surface area contributed by atoms with Gasteiger partial charge in [-0.1, -0.05) is 13.8 Å². The number of hydrogen-bond donors (Lipinski definition) is 2. The third-order valence-electron chi connectivity index (χ3n) is 1.18. The Balaban J connectivity index is 3.95. The van der Waals surface area contributed by atoms with Gasteiger partial charge in [-0.25, -0.2) is 0 Å². The van der Waals surface area contributed by atoms with Crippen molar-refractivity contribution in [2.45, 2.75) is 13.8 Å². The molecule has 2 N–H and O–H groups in total. The molecule has 1 amide bonds. The number of carbonyl (C=O) groups excluding carboxylic acids is 1. The Bertz CT molecular complexity index is 276.